The van der Waals surface area contributed by atoms with E-state index in [1.807, 2.05) is 6.92 Å². The van der Waals surface area contributed by atoms with Gasteiger partial charge in [-0.15, -0.1) is 5.06 Å². The lowest BCUT2D eigenvalue weighted by Crippen LogP contribution is -2.34. The third-order valence-corrected chi connectivity index (χ3v) is 2.31. The fourth-order valence-corrected chi connectivity index (χ4v) is 1.46. The number of hydrogen-bond acceptors (Lipinski definition) is 3. The highest BCUT2D eigenvalue weighted by atomic mass is 19.1. The molecule has 0 radical (unpaired) electrons. The smallest absolute Gasteiger partial charge is 0.440 e. The van der Waals surface area contributed by atoms with Gasteiger partial charge < -0.3 is 15.7 Å². The minimum absolute atomic E-state index is 0.227. The van der Waals surface area contributed by atoms with Crippen molar-refractivity contribution in [3.8, 4) is 5.75 Å². The first-order valence-electron chi connectivity index (χ1n) is 5.69. The Hall–Kier alpha value is -1.82. The topological polar surface area (TPSA) is 75.8 Å². The highest BCUT2D eigenvalue weighted by molar-refractivity contribution is 5.63. The fraction of sp³-hybridized carbons (Fsp3) is 0.417. The summed E-state index contributed by atoms with van der Waals surface area (Å²) >= 11 is 0. The summed E-state index contributed by atoms with van der Waals surface area (Å²) in [5.41, 5.74) is 6.12. The number of halogens is 1. The van der Waals surface area contributed by atoms with Crippen LogP contribution in [-0.2, 0) is 0 Å². The zero-order valence-electron chi connectivity index (χ0n) is 10.4. The van der Waals surface area contributed by atoms with Gasteiger partial charge in [0.05, 0.1) is 6.54 Å². The van der Waals surface area contributed by atoms with E-state index in [-0.39, 0.29) is 12.3 Å². The molecular formula is C12H17FN2O3. The molecule has 0 aliphatic heterocycles. The van der Waals surface area contributed by atoms with Crippen LogP contribution in [0.3, 0.4) is 0 Å². The number of rotatable bonds is 5. The van der Waals surface area contributed by atoms with Gasteiger partial charge in [0.15, 0.2) is 5.75 Å². The van der Waals surface area contributed by atoms with E-state index in [1.165, 1.54) is 18.2 Å². The Kier molecular flexibility index (Phi) is 4.91. The summed E-state index contributed by atoms with van der Waals surface area (Å²) in [5, 5.41) is 9.75. The molecule has 100 valence electrons. The second-order valence-corrected chi connectivity index (χ2v) is 3.95. The van der Waals surface area contributed by atoms with E-state index in [0.29, 0.717) is 12.0 Å². The van der Waals surface area contributed by atoms with Crippen LogP contribution in [0.25, 0.3) is 0 Å². The van der Waals surface area contributed by atoms with Crippen molar-refractivity contribution in [3.63, 3.8) is 0 Å². The predicted octanol–water partition coefficient (Wildman–Crippen LogP) is 2.53. The molecule has 0 spiro atoms. The van der Waals surface area contributed by atoms with Crippen LogP contribution in [0.15, 0.2) is 18.2 Å². The van der Waals surface area contributed by atoms with Crippen molar-refractivity contribution >= 4 is 6.09 Å². The number of hydroxylamine groups is 2. The standard InChI is InChI=1S/C12H17FN2O3/c1-3-6-15(12(16)17)18-11-5-4-9(13)7-10(11)8(2)14/h4-5,7-8H,3,6,14H2,1-2H3,(H,16,17)/t8-/m1/s1. The Labute approximate surface area is 105 Å². The highest BCUT2D eigenvalue weighted by Crippen LogP contribution is 2.25. The lowest BCUT2D eigenvalue weighted by molar-refractivity contribution is -0.0365. The predicted molar refractivity (Wildman–Crippen MR) is 64.7 cm³/mol. The molecule has 18 heavy (non-hydrogen) atoms. The lowest BCUT2D eigenvalue weighted by Gasteiger charge is -2.21. The summed E-state index contributed by atoms with van der Waals surface area (Å²) in [7, 11) is 0. The molecule has 5 nitrogen and oxygen atoms in total. The average Bonchev–Trinajstić information content (AvgIpc) is 2.30. The number of amides is 1. The number of nitrogens with zero attached hydrogens (tertiary/aromatic N) is 1. The van der Waals surface area contributed by atoms with Gasteiger partial charge in [0.1, 0.15) is 5.82 Å². The maximum atomic E-state index is 13.1. The molecule has 1 rings (SSSR count). The summed E-state index contributed by atoms with van der Waals surface area (Å²) in [5.74, 6) is -0.186. The van der Waals surface area contributed by atoms with Gasteiger partial charge in [-0.25, -0.2) is 9.18 Å². The molecule has 0 aliphatic rings. The van der Waals surface area contributed by atoms with Crippen LogP contribution in [0.4, 0.5) is 9.18 Å². The van der Waals surface area contributed by atoms with Crippen LogP contribution in [0.2, 0.25) is 0 Å². The number of carboxylic acid groups (broad SMARTS) is 1. The molecule has 6 heteroatoms. The molecular weight excluding hydrogens is 239 g/mol. The van der Waals surface area contributed by atoms with Crippen LogP contribution in [0, 0.1) is 5.82 Å². The van der Waals surface area contributed by atoms with Crippen LogP contribution in [-0.4, -0.2) is 22.8 Å². The second-order valence-electron chi connectivity index (χ2n) is 3.95. The van der Waals surface area contributed by atoms with Crippen LogP contribution >= 0.6 is 0 Å². The third kappa shape index (κ3) is 3.59. The molecule has 0 saturated heterocycles. The molecule has 1 aromatic rings. The van der Waals surface area contributed by atoms with Crippen molar-refractivity contribution in [2.45, 2.75) is 26.3 Å². The Morgan fingerprint density at radius 3 is 2.78 bits per heavy atom. The van der Waals surface area contributed by atoms with Crippen LogP contribution in [0.5, 0.6) is 5.75 Å². The monoisotopic (exact) mass is 256 g/mol. The van der Waals surface area contributed by atoms with Gasteiger partial charge in [-0.3, -0.25) is 0 Å². The first kappa shape index (κ1) is 14.2. The fourth-order valence-electron chi connectivity index (χ4n) is 1.46. The van der Waals surface area contributed by atoms with E-state index in [1.54, 1.807) is 6.92 Å². The van der Waals surface area contributed by atoms with Gasteiger partial charge in [0.25, 0.3) is 0 Å². The van der Waals surface area contributed by atoms with Gasteiger partial charge in [-0.1, -0.05) is 6.92 Å². The normalized spacial score (nSPS) is 12.0. The summed E-state index contributed by atoms with van der Waals surface area (Å²) in [6, 6.07) is 3.37. The van der Waals surface area contributed by atoms with E-state index in [2.05, 4.69) is 0 Å². The number of hydrogen-bond donors (Lipinski definition) is 2. The first-order chi connectivity index (χ1) is 8.45. The molecule has 0 aromatic heterocycles. The Morgan fingerprint density at radius 1 is 1.61 bits per heavy atom. The summed E-state index contributed by atoms with van der Waals surface area (Å²) in [6.45, 7) is 3.73. The Balaban J connectivity index is 2.98. The van der Waals surface area contributed by atoms with E-state index in [4.69, 9.17) is 15.7 Å². The van der Waals surface area contributed by atoms with Gasteiger partial charge in [-0.2, -0.15) is 0 Å². The van der Waals surface area contributed by atoms with E-state index < -0.39 is 18.0 Å². The maximum absolute atomic E-state index is 13.1. The summed E-state index contributed by atoms with van der Waals surface area (Å²) < 4.78 is 13.1. The van der Waals surface area contributed by atoms with Gasteiger partial charge in [0, 0.05) is 11.6 Å². The van der Waals surface area contributed by atoms with Crippen molar-refractivity contribution in [3.05, 3.63) is 29.6 Å². The zero-order valence-corrected chi connectivity index (χ0v) is 10.4. The van der Waals surface area contributed by atoms with E-state index >= 15 is 0 Å². The van der Waals surface area contributed by atoms with Gasteiger partial charge >= 0.3 is 6.09 Å². The highest BCUT2D eigenvalue weighted by Gasteiger charge is 2.17. The van der Waals surface area contributed by atoms with Gasteiger partial charge in [0.2, 0.25) is 0 Å². The Morgan fingerprint density at radius 2 is 2.28 bits per heavy atom. The van der Waals surface area contributed by atoms with Crippen molar-refractivity contribution in [2.75, 3.05) is 6.54 Å². The lowest BCUT2D eigenvalue weighted by atomic mass is 10.1. The SMILES string of the molecule is CCCN(Oc1ccc(F)cc1[C@@H](C)N)C(=O)O. The number of nitrogens with two attached hydrogens (primary N) is 1. The number of benzene rings is 1. The van der Waals surface area contributed by atoms with Crippen molar-refractivity contribution < 1.29 is 19.1 Å². The summed E-state index contributed by atoms with van der Waals surface area (Å²) in [6.07, 6.45) is -0.585. The zero-order chi connectivity index (χ0) is 13.7. The first-order valence-corrected chi connectivity index (χ1v) is 5.69. The van der Waals surface area contributed by atoms with Gasteiger partial charge in [-0.05, 0) is 31.5 Å². The van der Waals surface area contributed by atoms with Crippen LogP contribution < -0.4 is 10.6 Å². The molecule has 1 atom stereocenters. The van der Waals surface area contributed by atoms with Crippen molar-refractivity contribution in [1.29, 1.82) is 0 Å². The van der Waals surface area contributed by atoms with Crippen LogP contribution in [0.1, 0.15) is 31.9 Å². The maximum Gasteiger partial charge on any atom is 0.440 e. The molecule has 0 aliphatic carbocycles. The number of carbonyl (C=O) groups is 1. The molecule has 3 N–H and O–H groups in total. The molecule has 1 amide bonds. The van der Waals surface area contributed by atoms with E-state index in [9.17, 15) is 9.18 Å². The minimum Gasteiger partial charge on any atom is -0.463 e. The minimum atomic E-state index is -1.20. The molecule has 0 bridgehead atoms. The molecule has 0 heterocycles. The quantitative estimate of drug-likeness (QED) is 0.794. The third-order valence-electron chi connectivity index (χ3n) is 2.31. The molecule has 0 saturated carbocycles. The second kappa shape index (κ2) is 6.20. The average molecular weight is 256 g/mol. The Bertz CT molecular complexity index is 424. The summed E-state index contributed by atoms with van der Waals surface area (Å²) in [4.78, 5) is 16.2. The van der Waals surface area contributed by atoms with Crippen molar-refractivity contribution in [1.82, 2.24) is 5.06 Å². The molecule has 1 aromatic carbocycles. The van der Waals surface area contributed by atoms with E-state index in [0.717, 1.165) is 5.06 Å². The molecule has 0 fully saturated rings. The van der Waals surface area contributed by atoms with Crippen molar-refractivity contribution in [2.24, 2.45) is 5.73 Å². The molecule has 0 unspecified atom stereocenters. The largest absolute Gasteiger partial charge is 0.463 e.